The summed E-state index contributed by atoms with van der Waals surface area (Å²) in [6.07, 6.45) is 1.95. The van der Waals surface area contributed by atoms with Crippen LogP contribution < -0.4 is 0 Å². The van der Waals surface area contributed by atoms with Gasteiger partial charge in [-0.05, 0) is 6.08 Å². The molecule has 1 aliphatic heterocycles. The monoisotopic (exact) mass is 197 g/mol. The van der Waals surface area contributed by atoms with E-state index in [-0.39, 0.29) is 6.42 Å². The standard InChI is InChI=1S/C9H11NO4/c1-3-9(13)14-8-5-4-7(12)10(8)6(2)11/h4-5,8H,3H2,1-2H3. The second-order valence-corrected chi connectivity index (χ2v) is 2.82. The van der Waals surface area contributed by atoms with E-state index in [1.807, 2.05) is 0 Å². The van der Waals surface area contributed by atoms with E-state index >= 15 is 0 Å². The molecule has 0 saturated heterocycles. The summed E-state index contributed by atoms with van der Waals surface area (Å²) in [7, 11) is 0. The van der Waals surface area contributed by atoms with E-state index < -0.39 is 24.0 Å². The molecule has 1 rings (SSSR count). The topological polar surface area (TPSA) is 63.7 Å². The zero-order chi connectivity index (χ0) is 10.7. The number of ether oxygens (including phenoxy) is 1. The fraction of sp³-hybridized carbons (Fsp3) is 0.444. The first kappa shape index (κ1) is 10.4. The van der Waals surface area contributed by atoms with Gasteiger partial charge in [0.05, 0.1) is 0 Å². The second-order valence-electron chi connectivity index (χ2n) is 2.82. The summed E-state index contributed by atoms with van der Waals surface area (Å²) in [4.78, 5) is 34.0. The van der Waals surface area contributed by atoms with Crippen LogP contribution in [0.3, 0.4) is 0 Å². The van der Waals surface area contributed by atoms with Gasteiger partial charge in [0.1, 0.15) is 0 Å². The van der Waals surface area contributed by atoms with E-state index in [0.717, 1.165) is 4.90 Å². The summed E-state index contributed by atoms with van der Waals surface area (Å²) in [6.45, 7) is 2.89. The molecule has 2 amide bonds. The van der Waals surface area contributed by atoms with Crippen LogP contribution in [0.25, 0.3) is 0 Å². The minimum absolute atomic E-state index is 0.213. The Hall–Kier alpha value is -1.65. The molecule has 5 heteroatoms. The Morgan fingerprint density at radius 2 is 2.21 bits per heavy atom. The highest BCUT2D eigenvalue weighted by atomic mass is 16.6. The number of nitrogens with zero attached hydrogens (tertiary/aromatic N) is 1. The third-order valence-electron chi connectivity index (χ3n) is 1.78. The normalized spacial score (nSPS) is 20.0. The largest absolute Gasteiger partial charge is 0.437 e. The van der Waals surface area contributed by atoms with Crippen molar-refractivity contribution in [2.75, 3.05) is 0 Å². The van der Waals surface area contributed by atoms with Crippen LogP contribution in [0.2, 0.25) is 0 Å². The average molecular weight is 197 g/mol. The fourth-order valence-corrected chi connectivity index (χ4v) is 1.10. The van der Waals surface area contributed by atoms with E-state index in [2.05, 4.69) is 0 Å². The molecule has 1 aliphatic rings. The molecular weight excluding hydrogens is 186 g/mol. The van der Waals surface area contributed by atoms with Crippen LogP contribution in [-0.2, 0) is 19.1 Å². The summed E-state index contributed by atoms with van der Waals surface area (Å²) in [5.74, 6) is -1.33. The van der Waals surface area contributed by atoms with Gasteiger partial charge in [-0.1, -0.05) is 6.92 Å². The van der Waals surface area contributed by atoms with Crippen molar-refractivity contribution in [3.8, 4) is 0 Å². The maximum Gasteiger partial charge on any atom is 0.307 e. The lowest BCUT2D eigenvalue weighted by molar-refractivity contribution is -0.161. The third-order valence-corrected chi connectivity index (χ3v) is 1.78. The number of imide groups is 1. The molecule has 0 aromatic rings. The number of hydrogen-bond acceptors (Lipinski definition) is 4. The van der Waals surface area contributed by atoms with Crippen molar-refractivity contribution in [3.05, 3.63) is 12.2 Å². The molecule has 0 bridgehead atoms. The van der Waals surface area contributed by atoms with Gasteiger partial charge in [-0.25, -0.2) is 4.90 Å². The average Bonchev–Trinajstić information content (AvgIpc) is 2.46. The van der Waals surface area contributed by atoms with Crippen molar-refractivity contribution < 1.29 is 19.1 Å². The van der Waals surface area contributed by atoms with Crippen LogP contribution in [0.15, 0.2) is 12.2 Å². The zero-order valence-electron chi connectivity index (χ0n) is 8.02. The fourth-order valence-electron chi connectivity index (χ4n) is 1.10. The van der Waals surface area contributed by atoms with Crippen molar-refractivity contribution in [1.82, 2.24) is 4.90 Å². The molecule has 0 spiro atoms. The molecule has 0 radical (unpaired) electrons. The van der Waals surface area contributed by atoms with Gasteiger partial charge in [0.15, 0.2) is 0 Å². The first-order valence-corrected chi connectivity index (χ1v) is 4.27. The predicted octanol–water partition coefficient (Wildman–Crippen LogP) is 0.211. The molecular formula is C9H11NO4. The van der Waals surface area contributed by atoms with Gasteiger partial charge in [-0.3, -0.25) is 14.4 Å². The summed E-state index contributed by atoms with van der Waals surface area (Å²) in [5, 5.41) is 0. The Morgan fingerprint density at radius 3 is 2.71 bits per heavy atom. The van der Waals surface area contributed by atoms with Gasteiger partial charge < -0.3 is 4.74 Å². The van der Waals surface area contributed by atoms with Crippen LogP contribution in [0, 0.1) is 0 Å². The molecule has 0 N–H and O–H groups in total. The van der Waals surface area contributed by atoms with Gasteiger partial charge in [0, 0.05) is 19.4 Å². The van der Waals surface area contributed by atoms with Crippen LogP contribution in [0.5, 0.6) is 0 Å². The van der Waals surface area contributed by atoms with Crippen LogP contribution in [0.4, 0.5) is 0 Å². The second kappa shape index (κ2) is 4.04. The summed E-state index contributed by atoms with van der Waals surface area (Å²) >= 11 is 0. The van der Waals surface area contributed by atoms with E-state index in [1.165, 1.54) is 19.1 Å². The van der Waals surface area contributed by atoms with Gasteiger partial charge in [-0.15, -0.1) is 0 Å². The molecule has 0 fully saturated rings. The number of amides is 2. The molecule has 0 aliphatic carbocycles. The van der Waals surface area contributed by atoms with E-state index in [4.69, 9.17) is 4.74 Å². The van der Waals surface area contributed by atoms with Crippen molar-refractivity contribution in [1.29, 1.82) is 0 Å². The van der Waals surface area contributed by atoms with E-state index in [1.54, 1.807) is 6.92 Å². The Labute approximate surface area is 81.3 Å². The lowest BCUT2D eigenvalue weighted by Gasteiger charge is -2.20. The number of esters is 1. The number of carbonyl (C=O) groups excluding carboxylic acids is 3. The number of hydrogen-bond donors (Lipinski definition) is 0. The molecule has 5 nitrogen and oxygen atoms in total. The van der Waals surface area contributed by atoms with Gasteiger partial charge in [0.25, 0.3) is 5.91 Å². The van der Waals surface area contributed by atoms with Crippen molar-refractivity contribution >= 4 is 17.8 Å². The Kier molecular flexibility index (Phi) is 3.01. The van der Waals surface area contributed by atoms with Crippen LogP contribution >= 0.6 is 0 Å². The number of rotatable bonds is 2. The third kappa shape index (κ3) is 1.99. The van der Waals surface area contributed by atoms with Gasteiger partial charge in [-0.2, -0.15) is 0 Å². The molecule has 0 aromatic heterocycles. The van der Waals surface area contributed by atoms with E-state index in [9.17, 15) is 14.4 Å². The SMILES string of the molecule is CCC(=O)OC1C=CC(=O)N1C(C)=O. The molecule has 0 saturated carbocycles. The Balaban J connectivity index is 2.69. The highest BCUT2D eigenvalue weighted by Crippen LogP contribution is 2.13. The smallest absolute Gasteiger partial charge is 0.307 e. The summed E-state index contributed by atoms with van der Waals surface area (Å²) in [6, 6.07) is 0. The molecule has 14 heavy (non-hydrogen) atoms. The molecule has 1 heterocycles. The highest BCUT2D eigenvalue weighted by molar-refractivity contribution is 6.02. The summed E-state index contributed by atoms with van der Waals surface area (Å²) in [5.41, 5.74) is 0. The van der Waals surface area contributed by atoms with Crippen LogP contribution in [-0.4, -0.2) is 28.9 Å². The zero-order valence-corrected chi connectivity index (χ0v) is 8.02. The lowest BCUT2D eigenvalue weighted by atomic mass is 10.4. The predicted molar refractivity (Wildman–Crippen MR) is 46.8 cm³/mol. The minimum Gasteiger partial charge on any atom is -0.437 e. The molecule has 0 aromatic carbocycles. The maximum atomic E-state index is 11.1. The number of carbonyl (C=O) groups is 3. The van der Waals surface area contributed by atoms with Crippen molar-refractivity contribution in [2.45, 2.75) is 26.5 Å². The van der Waals surface area contributed by atoms with E-state index in [0.29, 0.717) is 0 Å². The summed E-state index contributed by atoms with van der Waals surface area (Å²) < 4.78 is 4.86. The molecule has 76 valence electrons. The first-order valence-electron chi connectivity index (χ1n) is 4.27. The Morgan fingerprint density at radius 1 is 1.57 bits per heavy atom. The quantitative estimate of drug-likeness (QED) is 0.593. The Bertz CT molecular complexity index is 308. The van der Waals surface area contributed by atoms with Crippen LogP contribution in [0.1, 0.15) is 20.3 Å². The molecule has 1 atom stereocenters. The van der Waals surface area contributed by atoms with Gasteiger partial charge >= 0.3 is 5.97 Å². The molecule has 1 unspecified atom stereocenters. The first-order chi connectivity index (χ1) is 6.56. The van der Waals surface area contributed by atoms with Crippen molar-refractivity contribution in [2.24, 2.45) is 0 Å². The minimum atomic E-state index is -0.868. The maximum absolute atomic E-state index is 11.1. The van der Waals surface area contributed by atoms with Crippen molar-refractivity contribution in [3.63, 3.8) is 0 Å². The highest BCUT2D eigenvalue weighted by Gasteiger charge is 2.31. The van der Waals surface area contributed by atoms with Gasteiger partial charge in [0.2, 0.25) is 12.1 Å². The lowest BCUT2D eigenvalue weighted by Crippen LogP contribution is -2.40.